The summed E-state index contributed by atoms with van der Waals surface area (Å²) in [5.74, 6) is 0.371. The summed E-state index contributed by atoms with van der Waals surface area (Å²) >= 11 is 1.40. The van der Waals surface area contributed by atoms with Crippen LogP contribution in [0, 0.1) is 10.8 Å². The molecule has 3 amide bonds. The molecule has 2 aliphatic rings. The second-order valence-corrected chi connectivity index (χ2v) is 11.8. The van der Waals surface area contributed by atoms with E-state index in [9.17, 15) is 14.4 Å². The van der Waals surface area contributed by atoms with Crippen molar-refractivity contribution in [2.45, 2.75) is 44.8 Å². The topological polar surface area (TPSA) is 151 Å². The van der Waals surface area contributed by atoms with Gasteiger partial charge in [-0.1, -0.05) is 25.1 Å². The predicted molar refractivity (Wildman–Crippen MR) is 155 cm³/mol. The van der Waals surface area contributed by atoms with Gasteiger partial charge in [-0.15, -0.1) is 11.3 Å². The smallest absolute Gasteiger partial charge is 0.243 e. The van der Waals surface area contributed by atoms with Crippen molar-refractivity contribution in [2.24, 2.45) is 11.1 Å². The van der Waals surface area contributed by atoms with Gasteiger partial charge in [-0.2, -0.15) is 0 Å². The molecule has 41 heavy (non-hydrogen) atoms. The number of fused-ring (bicyclic) bond motifs is 2. The van der Waals surface area contributed by atoms with Crippen molar-refractivity contribution in [3.8, 4) is 11.5 Å². The minimum Gasteiger partial charge on any atom is -0.457 e. The molecule has 5 N–H and O–H groups in total. The number of nitrogens with zero attached hydrogens (tertiary/aromatic N) is 1. The number of carbonyl (C=O) groups excluding carboxylic acids is 3. The van der Waals surface area contributed by atoms with E-state index in [4.69, 9.17) is 20.3 Å². The highest BCUT2D eigenvalue weighted by Gasteiger charge is 2.64. The first kappa shape index (κ1) is 26.6. The maximum Gasteiger partial charge on any atom is 0.243 e. The van der Waals surface area contributed by atoms with Crippen molar-refractivity contribution in [3.63, 3.8) is 0 Å². The third-order valence-electron chi connectivity index (χ3n) is 7.67. The summed E-state index contributed by atoms with van der Waals surface area (Å²) in [6, 6.07) is 17.5. The van der Waals surface area contributed by atoms with Crippen LogP contribution in [0.3, 0.4) is 0 Å². The molecule has 10 nitrogen and oxygen atoms in total. The van der Waals surface area contributed by atoms with Gasteiger partial charge in [-0.25, -0.2) is 0 Å². The molecular weight excluding hydrogens is 542 g/mol. The van der Waals surface area contributed by atoms with E-state index in [-0.39, 0.29) is 35.6 Å². The number of carbonyl (C=O) groups is 3. The largest absolute Gasteiger partial charge is 0.457 e. The average molecular weight is 572 g/mol. The standard InChI is InChI=1S/C30H29N5O5S/c1-30-13-22(29(38)33-15-21-10-18(16-41-21)28(31)32)35(24(30)14-30)27(37)12-25(36)34-26-11-17-9-20(7-8-23(17)40-26)39-19-5-3-2-4-6-19/h2-11,16,22,24H,12-15H2,1H3,(H3,31,32)(H,33,38)(H,34,36)/t22-,24-,30+/m0/s1. The number of benzene rings is 2. The van der Waals surface area contributed by atoms with E-state index in [0.29, 0.717) is 29.1 Å². The first-order valence-electron chi connectivity index (χ1n) is 13.3. The predicted octanol–water partition coefficient (Wildman–Crippen LogP) is 4.60. The van der Waals surface area contributed by atoms with Gasteiger partial charge in [-0.3, -0.25) is 25.1 Å². The number of ether oxygens (including phenoxy) is 1. The highest BCUT2D eigenvalue weighted by atomic mass is 32.1. The first-order valence-corrected chi connectivity index (χ1v) is 14.1. The van der Waals surface area contributed by atoms with Gasteiger partial charge in [0, 0.05) is 33.3 Å². The first-order chi connectivity index (χ1) is 19.7. The molecule has 1 saturated carbocycles. The van der Waals surface area contributed by atoms with Crippen molar-refractivity contribution >= 4 is 51.7 Å². The molecule has 1 saturated heterocycles. The number of nitrogens with two attached hydrogens (primary N) is 1. The fourth-order valence-corrected chi connectivity index (χ4v) is 6.27. The number of furan rings is 1. The monoisotopic (exact) mass is 571 g/mol. The summed E-state index contributed by atoms with van der Waals surface area (Å²) in [6.07, 6.45) is 0.966. The lowest BCUT2D eigenvalue weighted by Gasteiger charge is -2.26. The second kappa shape index (κ2) is 10.4. The molecule has 11 heteroatoms. The minimum absolute atomic E-state index is 0.0258. The SMILES string of the molecule is C[C@@]12C[C@@H]1N(C(=O)CC(=O)Nc1cc3cc(Oc4ccccc4)ccc3o1)[C@H](C(=O)NCc1cc(C(=N)N)cs1)C2. The van der Waals surface area contributed by atoms with Crippen molar-refractivity contribution in [1.29, 1.82) is 5.41 Å². The summed E-state index contributed by atoms with van der Waals surface area (Å²) in [5.41, 5.74) is 6.59. The number of amidine groups is 1. The summed E-state index contributed by atoms with van der Waals surface area (Å²) < 4.78 is 11.6. The Hall–Kier alpha value is -4.64. The molecule has 210 valence electrons. The van der Waals surface area contributed by atoms with E-state index in [1.165, 1.54) is 11.3 Å². The Balaban J connectivity index is 1.07. The lowest BCUT2D eigenvalue weighted by Crippen LogP contribution is -2.48. The summed E-state index contributed by atoms with van der Waals surface area (Å²) in [7, 11) is 0. The molecular formula is C30H29N5O5S. The van der Waals surface area contributed by atoms with Gasteiger partial charge in [0.2, 0.25) is 23.6 Å². The molecule has 1 aliphatic heterocycles. The van der Waals surface area contributed by atoms with Crippen LogP contribution in [0.5, 0.6) is 11.5 Å². The molecule has 3 heterocycles. The molecule has 0 unspecified atom stereocenters. The van der Waals surface area contributed by atoms with Crippen molar-refractivity contribution < 1.29 is 23.5 Å². The summed E-state index contributed by atoms with van der Waals surface area (Å²) in [4.78, 5) is 41.7. The number of rotatable bonds is 9. The number of nitrogens with one attached hydrogen (secondary N) is 3. The number of anilines is 1. The van der Waals surface area contributed by atoms with Gasteiger partial charge in [0.05, 0.1) is 6.54 Å². The quantitative estimate of drug-likeness (QED) is 0.131. The van der Waals surface area contributed by atoms with Gasteiger partial charge >= 0.3 is 0 Å². The van der Waals surface area contributed by atoms with E-state index >= 15 is 0 Å². The Morgan fingerprint density at radius 1 is 1.12 bits per heavy atom. The highest BCUT2D eigenvalue weighted by Crippen LogP contribution is 2.59. The molecule has 4 aromatic rings. The zero-order valence-corrected chi connectivity index (χ0v) is 23.1. The molecule has 6 rings (SSSR count). The van der Waals surface area contributed by atoms with Crippen LogP contribution in [0.4, 0.5) is 5.88 Å². The number of para-hydroxylation sites is 1. The molecule has 2 fully saturated rings. The van der Waals surface area contributed by atoms with Crippen LogP contribution in [-0.2, 0) is 20.9 Å². The normalized spacial score (nSPS) is 20.9. The fourth-order valence-electron chi connectivity index (χ4n) is 5.45. The maximum atomic E-state index is 13.3. The number of amides is 3. The molecule has 2 aromatic carbocycles. The molecule has 1 aliphatic carbocycles. The second-order valence-electron chi connectivity index (χ2n) is 10.8. The Morgan fingerprint density at radius 3 is 2.68 bits per heavy atom. The van der Waals surface area contributed by atoms with Gasteiger partial charge in [-0.05, 0) is 54.7 Å². The summed E-state index contributed by atoms with van der Waals surface area (Å²) in [5, 5.41) is 15.6. The van der Waals surface area contributed by atoms with Gasteiger partial charge in [0.25, 0.3) is 0 Å². The number of likely N-dealkylation sites (tertiary alicyclic amines) is 1. The lowest BCUT2D eigenvalue weighted by molar-refractivity contribution is -0.141. The number of piperidine rings is 1. The number of hydrogen-bond donors (Lipinski definition) is 4. The van der Waals surface area contributed by atoms with E-state index in [0.717, 1.165) is 16.7 Å². The van der Waals surface area contributed by atoms with Crippen LogP contribution in [0.25, 0.3) is 11.0 Å². The third-order valence-corrected chi connectivity index (χ3v) is 8.61. The van der Waals surface area contributed by atoms with E-state index in [1.807, 2.05) is 36.4 Å². The lowest BCUT2D eigenvalue weighted by atomic mass is 10.0. The maximum absolute atomic E-state index is 13.3. The van der Waals surface area contributed by atoms with Crippen LogP contribution in [0.2, 0.25) is 0 Å². The molecule has 0 spiro atoms. The fraction of sp³-hybridized carbons (Fsp3) is 0.267. The van der Waals surface area contributed by atoms with Gasteiger partial charge < -0.3 is 25.1 Å². The number of thiophene rings is 1. The Kier molecular flexibility index (Phi) is 6.74. The van der Waals surface area contributed by atoms with Crippen molar-refractivity contribution in [3.05, 3.63) is 76.5 Å². The van der Waals surface area contributed by atoms with Crippen molar-refractivity contribution in [1.82, 2.24) is 10.2 Å². The van der Waals surface area contributed by atoms with Crippen LogP contribution in [0.1, 0.15) is 36.6 Å². The molecule has 0 radical (unpaired) electrons. The van der Waals surface area contributed by atoms with E-state index in [1.54, 1.807) is 34.5 Å². The molecule has 3 atom stereocenters. The highest BCUT2D eigenvalue weighted by molar-refractivity contribution is 7.10. The molecule has 2 aromatic heterocycles. The Labute approximate surface area is 240 Å². The van der Waals surface area contributed by atoms with Gasteiger partial charge in [0.15, 0.2) is 0 Å². The van der Waals surface area contributed by atoms with Crippen LogP contribution < -0.4 is 21.1 Å². The van der Waals surface area contributed by atoms with Crippen LogP contribution >= 0.6 is 11.3 Å². The Bertz CT molecular complexity index is 1660. The number of hydrogen-bond acceptors (Lipinski definition) is 7. The van der Waals surface area contributed by atoms with Gasteiger partial charge in [0.1, 0.15) is 35.4 Å². The molecule has 0 bridgehead atoms. The zero-order valence-electron chi connectivity index (χ0n) is 22.3. The third kappa shape index (κ3) is 5.53. The van der Waals surface area contributed by atoms with Crippen LogP contribution in [-0.4, -0.2) is 40.5 Å². The summed E-state index contributed by atoms with van der Waals surface area (Å²) in [6.45, 7) is 2.34. The minimum atomic E-state index is -0.638. The Morgan fingerprint density at radius 2 is 1.93 bits per heavy atom. The van der Waals surface area contributed by atoms with E-state index in [2.05, 4.69) is 17.6 Å². The average Bonchev–Trinajstić information content (AvgIpc) is 3.30. The zero-order chi connectivity index (χ0) is 28.7. The van der Waals surface area contributed by atoms with E-state index < -0.39 is 24.3 Å². The van der Waals surface area contributed by atoms with Crippen LogP contribution in [0.15, 0.2) is 70.5 Å². The number of nitrogen functional groups attached to an aromatic ring is 1. The van der Waals surface area contributed by atoms with Crippen molar-refractivity contribution in [2.75, 3.05) is 5.32 Å².